The molecule has 0 aromatic carbocycles. The van der Waals surface area contributed by atoms with Gasteiger partial charge in [-0.25, -0.2) is 0 Å². The molecular formula is C6H12O4P+. The van der Waals surface area contributed by atoms with Crippen LogP contribution in [0.5, 0.6) is 0 Å². The SMILES string of the molecule is CCC1(CO)CO[P+](=O)OC1. The summed E-state index contributed by atoms with van der Waals surface area (Å²) in [6, 6.07) is 0. The van der Waals surface area contributed by atoms with Crippen LogP contribution in [0.1, 0.15) is 13.3 Å². The minimum absolute atomic E-state index is 0.0205. The Labute approximate surface area is 66.5 Å². The van der Waals surface area contributed by atoms with Crippen molar-refractivity contribution in [2.75, 3.05) is 19.8 Å². The van der Waals surface area contributed by atoms with Crippen molar-refractivity contribution in [1.29, 1.82) is 0 Å². The summed E-state index contributed by atoms with van der Waals surface area (Å²) in [4.78, 5) is 0. The second-order valence-corrected chi connectivity index (χ2v) is 3.75. The normalized spacial score (nSPS) is 35.6. The van der Waals surface area contributed by atoms with Crippen LogP contribution in [0.25, 0.3) is 0 Å². The summed E-state index contributed by atoms with van der Waals surface area (Å²) in [5, 5.41) is 8.97. The number of rotatable bonds is 2. The van der Waals surface area contributed by atoms with E-state index >= 15 is 0 Å². The van der Waals surface area contributed by atoms with Crippen molar-refractivity contribution in [3.63, 3.8) is 0 Å². The van der Waals surface area contributed by atoms with E-state index in [1.54, 1.807) is 0 Å². The zero-order valence-corrected chi connectivity index (χ0v) is 7.34. The van der Waals surface area contributed by atoms with Gasteiger partial charge in [-0.2, -0.15) is 0 Å². The Morgan fingerprint density at radius 1 is 1.55 bits per heavy atom. The van der Waals surface area contributed by atoms with Crippen LogP contribution in [0, 0.1) is 5.41 Å². The monoisotopic (exact) mass is 179 g/mol. The van der Waals surface area contributed by atoms with E-state index in [0.717, 1.165) is 6.42 Å². The van der Waals surface area contributed by atoms with Gasteiger partial charge in [-0.1, -0.05) is 6.92 Å². The average molecular weight is 179 g/mol. The van der Waals surface area contributed by atoms with Gasteiger partial charge in [0, 0.05) is 9.98 Å². The van der Waals surface area contributed by atoms with Gasteiger partial charge in [0.05, 0.1) is 6.61 Å². The van der Waals surface area contributed by atoms with E-state index in [4.69, 9.17) is 14.2 Å². The first-order valence-corrected chi connectivity index (χ1v) is 4.66. The van der Waals surface area contributed by atoms with Crippen LogP contribution in [0.2, 0.25) is 0 Å². The van der Waals surface area contributed by atoms with Gasteiger partial charge in [0.15, 0.2) is 0 Å². The lowest BCUT2D eigenvalue weighted by Gasteiger charge is -2.27. The molecule has 0 radical (unpaired) electrons. The van der Waals surface area contributed by atoms with Crippen molar-refractivity contribution in [1.82, 2.24) is 0 Å². The Morgan fingerprint density at radius 2 is 2.09 bits per heavy atom. The largest absolute Gasteiger partial charge is 0.697 e. The second kappa shape index (κ2) is 3.59. The lowest BCUT2D eigenvalue weighted by molar-refractivity contribution is -0.0150. The first kappa shape index (κ1) is 9.07. The molecule has 1 rings (SSSR count). The number of hydrogen-bond donors (Lipinski definition) is 1. The third-order valence-electron chi connectivity index (χ3n) is 2.04. The molecule has 1 aliphatic heterocycles. The number of aliphatic hydroxyl groups excluding tert-OH is 1. The Bertz CT molecular complexity index is 143. The van der Waals surface area contributed by atoms with Gasteiger partial charge < -0.3 is 5.11 Å². The summed E-state index contributed by atoms with van der Waals surface area (Å²) < 4.78 is 20.2. The van der Waals surface area contributed by atoms with Crippen molar-refractivity contribution in [2.45, 2.75) is 13.3 Å². The van der Waals surface area contributed by atoms with Crippen LogP contribution in [0.4, 0.5) is 0 Å². The summed E-state index contributed by atoms with van der Waals surface area (Å²) in [7, 11) is -1.92. The maximum atomic E-state index is 10.6. The van der Waals surface area contributed by atoms with E-state index in [0.29, 0.717) is 13.2 Å². The first-order chi connectivity index (χ1) is 5.22. The molecule has 0 bridgehead atoms. The zero-order valence-electron chi connectivity index (χ0n) is 6.45. The van der Waals surface area contributed by atoms with Gasteiger partial charge in [-0.3, -0.25) is 0 Å². The lowest BCUT2D eigenvalue weighted by atomic mass is 9.88. The molecule has 1 saturated heterocycles. The summed E-state index contributed by atoms with van der Waals surface area (Å²) in [5.41, 5.74) is -0.330. The highest BCUT2D eigenvalue weighted by Gasteiger charge is 2.42. The molecular weight excluding hydrogens is 167 g/mol. The standard InChI is InChI=1S/C6H12O4P/c1-2-6(3-7)4-9-11(8)10-5-6/h7H,2-5H2,1H3/q+1. The fourth-order valence-corrected chi connectivity index (χ4v) is 1.70. The summed E-state index contributed by atoms with van der Waals surface area (Å²) >= 11 is 0. The molecule has 0 saturated carbocycles. The van der Waals surface area contributed by atoms with Crippen LogP contribution < -0.4 is 0 Å². The van der Waals surface area contributed by atoms with Crippen LogP contribution in [0.15, 0.2) is 0 Å². The van der Waals surface area contributed by atoms with E-state index in [1.807, 2.05) is 6.92 Å². The quantitative estimate of drug-likeness (QED) is 0.644. The maximum absolute atomic E-state index is 10.6. The molecule has 1 heterocycles. The van der Waals surface area contributed by atoms with Crippen LogP contribution in [-0.2, 0) is 13.6 Å². The second-order valence-electron chi connectivity index (χ2n) is 2.78. The predicted octanol–water partition coefficient (Wildman–Crippen LogP) is 1.08. The topological polar surface area (TPSA) is 55.8 Å². The fourth-order valence-electron chi connectivity index (χ4n) is 0.865. The van der Waals surface area contributed by atoms with E-state index in [-0.39, 0.29) is 12.0 Å². The molecule has 1 fully saturated rings. The molecule has 0 aliphatic carbocycles. The molecule has 0 atom stereocenters. The third kappa shape index (κ3) is 1.97. The van der Waals surface area contributed by atoms with Crippen molar-refractivity contribution in [2.24, 2.45) is 5.41 Å². The van der Waals surface area contributed by atoms with Gasteiger partial charge in [0.1, 0.15) is 13.2 Å². The predicted molar refractivity (Wildman–Crippen MR) is 39.3 cm³/mol. The minimum atomic E-state index is -1.92. The Hall–Kier alpha value is -0.0200. The number of hydrogen-bond acceptors (Lipinski definition) is 4. The molecule has 1 N–H and O–H groups in total. The maximum Gasteiger partial charge on any atom is 0.697 e. The van der Waals surface area contributed by atoms with Gasteiger partial charge in [-0.05, 0) is 6.42 Å². The van der Waals surface area contributed by atoms with Gasteiger partial charge in [-0.15, -0.1) is 9.05 Å². The van der Waals surface area contributed by atoms with Crippen LogP contribution >= 0.6 is 8.25 Å². The highest BCUT2D eigenvalue weighted by Crippen LogP contribution is 2.38. The van der Waals surface area contributed by atoms with Gasteiger partial charge >= 0.3 is 8.25 Å². The Kier molecular flexibility index (Phi) is 2.96. The van der Waals surface area contributed by atoms with E-state index < -0.39 is 8.25 Å². The molecule has 64 valence electrons. The molecule has 0 amide bonds. The summed E-state index contributed by atoms with van der Waals surface area (Å²) in [6.45, 7) is 2.62. The first-order valence-electron chi connectivity index (χ1n) is 3.56. The van der Waals surface area contributed by atoms with Crippen molar-refractivity contribution >= 4 is 8.25 Å². The number of aliphatic hydroxyl groups is 1. The van der Waals surface area contributed by atoms with E-state index in [2.05, 4.69) is 0 Å². The van der Waals surface area contributed by atoms with Crippen molar-refractivity contribution in [3.8, 4) is 0 Å². The smallest absolute Gasteiger partial charge is 0.396 e. The van der Waals surface area contributed by atoms with Gasteiger partial charge in [0.25, 0.3) is 0 Å². The molecule has 0 aromatic heterocycles. The van der Waals surface area contributed by atoms with Crippen LogP contribution in [0.3, 0.4) is 0 Å². The third-order valence-corrected chi connectivity index (χ3v) is 2.72. The average Bonchev–Trinajstić information content (AvgIpc) is 2.07. The molecule has 11 heavy (non-hydrogen) atoms. The van der Waals surface area contributed by atoms with E-state index in [9.17, 15) is 4.57 Å². The molecule has 5 heteroatoms. The highest BCUT2D eigenvalue weighted by atomic mass is 31.1. The lowest BCUT2D eigenvalue weighted by Crippen LogP contribution is -2.36. The minimum Gasteiger partial charge on any atom is -0.396 e. The molecule has 0 spiro atoms. The van der Waals surface area contributed by atoms with Gasteiger partial charge in [0.2, 0.25) is 0 Å². The highest BCUT2D eigenvalue weighted by molar-refractivity contribution is 7.33. The van der Waals surface area contributed by atoms with E-state index in [1.165, 1.54) is 0 Å². The molecule has 1 aliphatic rings. The Balaban J connectivity index is 2.52. The molecule has 0 aromatic rings. The summed E-state index contributed by atoms with van der Waals surface area (Å²) in [6.07, 6.45) is 0.771. The zero-order chi connectivity index (χ0) is 8.32. The van der Waals surface area contributed by atoms with Crippen LogP contribution in [-0.4, -0.2) is 24.9 Å². The fraction of sp³-hybridized carbons (Fsp3) is 1.00. The molecule has 4 nitrogen and oxygen atoms in total. The molecule has 0 unspecified atom stereocenters. The Morgan fingerprint density at radius 3 is 2.45 bits per heavy atom. The van der Waals surface area contributed by atoms with Crippen molar-refractivity contribution < 1.29 is 18.7 Å². The summed E-state index contributed by atoms with van der Waals surface area (Å²) in [5.74, 6) is 0. The van der Waals surface area contributed by atoms with Crippen molar-refractivity contribution in [3.05, 3.63) is 0 Å².